The minimum Gasteiger partial charge on any atom is -0.493 e. The summed E-state index contributed by atoms with van der Waals surface area (Å²) in [7, 11) is 0. The molecular formula is C16H26N2O. The van der Waals surface area contributed by atoms with Crippen LogP contribution in [0.3, 0.4) is 0 Å². The van der Waals surface area contributed by atoms with E-state index in [-0.39, 0.29) is 0 Å². The van der Waals surface area contributed by atoms with E-state index in [2.05, 4.69) is 37.8 Å². The number of piperidine rings is 1. The summed E-state index contributed by atoms with van der Waals surface area (Å²) >= 11 is 0. The number of nitrogen functional groups attached to an aromatic ring is 1. The first-order valence-electron chi connectivity index (χ1n) is 7.40. The fraction of sp³-hybridized carbons (Fsp3) is 0.625. The normalized spacial score (nSPS) is 23.4. The van der Waals surface area contributed by atoms with Crippen LogP contribution < -0.4 is 15.4 Å². The first-order chi connectivity index (χ1) is 9.10. The van der Waals surface area contributed by atoms with Gasteiger partial charge < -0.3 is 15.4 Å². The lowest BCUT2D eigenvalue weighted by molar-refractivity contribution is 0.317. The number of hydrogen-bond acceptors (Lipinski definition) is 3. The number of rotatable bonds is 4. The third-order valence-corrected chi connectivity index (χ3v) is 3.86. The highest BCUT2D eigenvalue weighted by molar-refractivity contribution is 5.61. The Bertz CT molecular complexity index is 419. The zero-order chi connectivity index (χ0) is 13.8. The second kappa shape index (κ2) is 6.18. The molecule has 0 saturated carbocycles. The van der Waals surface area contributed by atoms with Gasteiger partial charge in [0.1, 0.15) is 5.75 Å². The van der Waals surface area contributed by atoms with Crippen molar-refractivity contribution in [2.24, 2.45) is 5.92 Å². The van der Waals surface area contributed by atoms with Gasteiger partial charge in [-0.15, -0.1) is 0 Å². The van der Waals surface area contributed by atoms with E-state index in [9.17, 15) is 0 Å². The van der Waals surface area contributed by atoms with Crippen molar-refractivity contribution >= 4 is 11.4 Å². The van der Waals surface area contributed by atoms with E-state index in [1.807, 2.05) is 6.07 Å². The largest absolute Gasteiger partial charge is 0.493 e. The topological polar surface area (TPSA) is 38.5 Å². The molecule has 1 saturated heterocycles. The van der Waals surface area contributed by atoms with Crippen LogP contribution in [0, 0.1) is 5.92 Å². The van der Waals surface area contributed by atoms with E-state index in [1.165, 1.54) is 18.5 Å². The van der Waals surface area contributed by atoms with Crippen LogP contribution in [-0.4, -0.2) is 19.2 Å². The maximum atomic E-state index is 6.00. The molecule has 3 nitrogen and oxygen atoms in total. The van der Waals surface area contributed by atoms with Gasteiger partial charge in [0.25, 0.3) is 0 Å². The van der Waals surface area contributed by atoms with Crippen LogP contribution in [0.5, 0.6) is 5.75 Å². The third-order valence-electron chi connectivity index (χ3n) is 3.86. The van der Waals surface area contributed by atoms with Crippen molar-refractivity contribution in [3.8, 4) is 5.75 Å². The monoisotopic (exact) mass is 262 g/mol. The SMILES string of the molecule is CCCOc1cc(N)cc(N2CCC(C)CC2C)c1. The van der Waals surface area contributed by atoms with Gasteiger partial charge >= 0.3 is 0 Å². The van der Waals surface area contributed by atoms with Crippen LogP contribution >= 0.6 is 0 Å². The Kier molecular flexibility index (Phi) is 4.56. The molecule has 2 rings (SSSR count). The first-order valence-corrected chi connectivity index (χ1v) is 7.40. The molecule has 1 aliphatic rings. The van der Waals surface area contributed by atoms with Crippen molar-refractivity contribution in [1.29, 1.82) is 0 Å². The maximum absolute atomic E-state index is 6.00. The molecule has 0 spiro atoms. The lowest BCUT2D eigenvalue weighted by atomic mass is 9.93. The van der Waals surface area contributed by atoms with Crippen molar-refractivity contribution in [2.75, 3.05) is 23.8 Å². The summed E-state index contributed by atoms with van der Waals surface area (Å²) in [6.07, 6.45) is 3.52. The number of nitrogens with two attached hydrogens (primary N) is 1. The van der Waals surface area contributed by atoms with Crippen LogP contribution in [0.1, 0.15) is 40.0 Å². The predicted octanol–water partition coefficient (Wildman–Crippen LogP) is 3.68. The van der Waals surface area contributed by atoms with E-state index in [4.69, 9.17) is 10.5 Å². The minimum absolute atomic E-state index is 0.574. The summed E-state index contributed by atoms with van der Waals surface area (Å²) in [5.74, 6) is 1.71. The Balaban J connectivity index is 2.16. The number of nitrogens with zero attached hydrogens (tertiary/aromatic N) is 1. The van der Waals surface area contributed by atoms with Gasteiger partial charge in [0.05, 0.1) is 6.61 Å². The Morgan fingerprint density at radius 3 is 2.79 bits per heavy atom. The first kappa shape index (κ1) is 14.0. The van der Waals surface area contributed by atoms with Gasteiger partial charge in [-0.05, 0) is 38.2 Å². The quantitative estimate of drug-likeness (QED) is 0.841. The molecule has 1 heterocycles. The van der Waals surface area contributed by atoms with E-state index >= 15 is 0 Å². The van der Waals surface area contributed by atoms with Gasteiger partial charge in [-0.2, -0.15) is 0 Å². The number of ether oxygens (including phenoxy) is 1. The molecule has 1 fully saturated rings. The van der Waals surface area contributed by atoms with E-state index < -0.39 is 0 Å². The van der Waals surface area contributed by atoms with E-state index in [0.717, 1.165) is 36.9 Å². The minimum atomic E-state index is 0.574. The number of anilines is 2. The van der Waals surface area contributed by atoms with Crippen molar-refractivity contribution in [1.82, 2.24) is 0 Å². The lowest BCUT2D eigenvalue weighted by Crippen LogP contribution is -2.40. The molecule has 2 atom stereocenters. The average Bonchev–Trinajstić information content (AvgIpc) is 2.35. The van der Waals surface area contributed by atoms with Gasteiger partial charge in [0.15, 0.2) is 0 Å². The zero-order valence-electron chi connectivity index (χ0n) is 12.4. The van der Waals surface area contributed by atoms with Crippen LogP contribution in [0.25, 0.3) is 0 Å². The van der Waals surface area contributed by atoms with Gasteiger partial charge in [-0.1, -0.05) is 13.8 Å². The van der Waals surface area contributed by atoms with Crippen LogP contribution in [0.15, 0.2) is 18.2 Å². The molecule has 106 valence electrons. The van der Waals surface area contributed by atoms with Crippen LogP contribution in [-0.2, 0) is 0 Å². The third kappa shape index (κ3) is 3.55. The van der Waals surface area contributed by atoms with Gasteiger partial charge in [-0.3, -0.25) is 0 Å². The summed E-state index contributed by atoms with van der Waals surface area (Å²) in [6.45, 7) is 8.60. The molecule has 2 N–H and O–H groups in total. The highest BCUT2D eigenvalue weighted by Gasteiger charge is 2.23. The molecule has 1 aliphatic heterocycles. The highest BCUT2D eigenvalue weighted by atomic mass is 16.5. The van der Waals surface area contributed by atoms with Crippen molar-refractivity contribution in [3.05, 3.63) is 18.2 Å². The van der Waals surface area contributed by atoms with Gasteiger partial charge in [-0.25, -0.2) is 0 Å². The standard InChI is InChI=1S/C16H26N2O/c1-4-7-19-16-10-14(17)9-15(11-16)18-6-5-12(2)8-13(18)3/h9-13H,4-8,17H2,1-3H3. The Labute approximate surface area is 116 Å². The molecule has 0 radical (unpaired) electrons. The average molecular weight is 262 g/mol. The fourth-order valence-electron chi connectivity index (χ4n) is 2.87. The van der Waals surface area contributed by atoms with E-state index in [0.29, 0.717) is 6.04 Å². The maximum Gasteiger partial charge on any atom is 0.123 e. The molecule has 0 aliphatic carbocycles. The Morgan fingerprint density at radius 2 is 2.11 bits per heavy atom. The highest BCUT2D eigenvalue weighted by Crippen LogP contribution is 2.31. The van der Waals surface area contributed by atoms with Gasteiger partial charge in [0, 0.05) is 36.1 Å². The van der Waals surface area contributed by atoms with Crippen molar-refractivity contribution < 1.29 is 4.74 Å². The van der Waals surface area contributed by atoms with Crippen molar-refractivity contribution in [3.63, 3.8) is 0 Å². The van der Waals surface area contributed by atoms with Crippen LogP contribution in [0.4, 0.5) is 11.4 Å². The summed E-state index contributed by atoms with van der Waals surface area (Å²) in [5.41, 5.74) is 7.99. The summed E-state index contributed by atoms with van der Waals surface area (Å²) in [5, 5.41) is 0. The molecule has 1 aromatic rings. The molecule has 0 aromatic heterocycles. The second-order valence-electron chi connectivity index (χ2n) is 5.78. The summed E-state index contributed by atoms with van der Waals surface area (Å²) in [4.78, 5) is 2.45. The molecule has 2 unspecified atom stereocenters. The number of benzene rings is 1. The predicted molar refractivity (Wildman–Crippen MR) is 81.8 cm³/mol. The van der Waals surface area contributed by atoms with Gasteiger partial charge in [0.2, 0.25) is 0 Å². The molecule has 19 heavy (non-hydrogen) atoms. The lowest BCUT2D eigenvalue weighted by Gasteiger charge is -2.38. The Hall–Kier alpha value is -1.38. The fourth-order valence-corrected chi connectivity index (χ4v) is 2.87. The van der Waals surface area contributed by atoms with Crippen molar-refractivity contribution in [2.45, 2.75) is 46.1 Å². The summed E-state index contributed by atoms with van der Waals surface area (Å²) in [6, 6.07) is 6.67. The van der Waals surface area contributed by atoms with Crippen LogP contribution in [0.2, 0.25) is 0 Å². The molecular weight excluding hydrogens is 236 g/mol. The summed E-state index contributed by atoms with van der Waals surface area (Å²) < 4.78 is 5.72. The molecule has 0 amide bonds. The number of hydrogen-bond donors (Lipinski definition) is 1. The Morgan fingerprint density at radius 1 is 1.32 bits per heavy atom. The molecule has 1 aromatic carbocycles. The molecule has 0 bridgehead atoms. The second-order valence-corrected chi connectivity index (χ2v) is 5.78. The van der Waals surface area contributed by atoms with E-state index in [1.54, 1.807) is 0 Å². The zero-order valence-corrected chi connectivity index (χ0v) is 12.4. The smallest absolute Gasteiger partial charge is 0.123 e. The molecule has 3 heteroatoms.